The summed E-state index contributed by atoms with van der Waals surface area (Å²) in [7, 11) is 0. The minimum atomic E-state index is 1.25. The van der Waals surface area contributed by atoms with Crippen LogP contribution in [-0.2, 0) is 6.42 Å². The fourth-order valence-corrected chi connectivity index (χ4v) is 11.7. The van der Waals surface area contributed by atoms with Crippen LogP contribution in [0.4, 0.5) is 0 Å². The second-order valence-electron chi connectivity index (χ2n) is 17.2. The topological polar surface area (TPSA) is 0 Å². The van der Waals surface area contributed by atoms with Crippen LogP contribution in [0.3, 0.4) is 0 Å². The number of unbranched alkanes of at least 4 members (excludes halogenated alkanes) is 34. The predicted octanol–water partition coefficient (Wildman–Crippen LogP) is 20.4. The Morgan fingerprint density at radius 2 is 0.509 bits per heavy atom. The molecule has 0 aliphatic carbocycles. The van der Waals surface area contributed by atoms with Crippen LogP contribution in [0.25, 0.3) is 0 Å². The van der Waals surface area contributed by atoms with Gasteiger partial charge < -0.3 is 0 Å². The Hall–Kier alpha value is 0.270. The average molecular weight is 820 g/mol. The van der Waals surface area contributed by atoms with Crippen molar-refractivity contribution in [1.82, 2.24) is 0 Å². The van der Waals surface area contributed by atoms with E-state index >= 15 is 0 Å². The summed E-state index contributed by atoms with van der Waals surface area (Å²) in [6.45, 7) is 9.31. The van der Waals surface area contributed by atoms with Crippen LogP contribution < -0.4 is 0 Å². The predicted molar refractivity (Wildman–Crippen MR) is 260 cm³/mol. The highest BCUT2D eigenvalue weighted by Crippen LogP contribution is 2.41. The Morgan fingerprint density at radius 1 is 0.273 bits per heavy atom. The van der Waals surface area contributed by atoms with Gasteiger partial charge in [-0.15, -0.1) is 35.3 Å². The summed E-state index contributed by atoms with van der Waals surface area (Å²) in [6.07, 6.45) is 55.6. The maximum Gasteiger partial charge on any atom is 0.0344 e. The molecule has 0 aliphatic heterocycles. The standard InChI is InChI=1S/C52H98S3/c1-5-9-13-16-19-22-25-28-31-34-37-40-44-53-50-47-49(43-12-8-4)48-51(54-45-41-38-35-32-29-26-23-20-17-14-10-6-2)52(50)55-46-42-39-36-33-30-27-24-21-18-15-11-7-3/h47-48H,5-46H2,1-4H3. The van der Waals surface area contributed by atoms with E-state index in [1.807, 2.05) is 0 Å². The molecule has 0 N–H and O–H groups in total. The second kappa shape index (κ2) is 43.8. The van der Waals surface area contributed by atoms with E-state index in [1.54, 1.807) is 20.2 Å². The molecule has 1 aromatic carbocycles. The zero-order valence-electron chi connectivity index (χ0n) is 38.1. The second-order valence-corrected chi connectivity index (χ2v) is 20.6. The van der Waals surface area contributed by atoms with Gasteiger partial charge in [0.25, 0.3) is 0 Å². The molecule has 0 aliphatic rings. The Morgan fingerprint density at radius 3 is 0.782 bits per heavy atom. The number of aryl methyl sites for hydroxylation is 1. The lowest BCUT2D eigenvalue weighted by molar-refractivity contribution is 0.548. The van der Waals surface area contributed by atoms with Crippen molar-refractivity contribution in [2.24, 2.45) is 0 Å². The Balaban J connectivity index is 2.59. The number of benzene rings is 1. The van der Waals surface area contributed by atoms with Crippen molar-refractivity contribution in [3.05, 3.63) is 17.7 Å². The molecule has 0 amide bonds. The molecular formula is C52H98S3. The van der Waals surface area contributed by atoms with Gasteiger partial charge in [0.05, 0.1) is 0 Å². The number of rotatable bonds is 45. The fourth-order valence-electron chi connectivity index (χ4n) is 7.88. The number of hydrogen-bond acceptors (Lipinski definition) is 3. The van der Waals surface area contributed by atoms with Crippen molar-refractivity contribution in [3.63, 3.8) is 0 Å². The molecule has 0 spiro atoms. The van der Waals surface area contributed by atoms with Gasteiger partial charge in [-0.2, -0.15) is 0 Å². The number of hydrogen-bond donors (Lipinski definition) is 0. The van der Waals surface area contributed by atoms with E-state index in [0.717, 1.165) is 0 Å². The summed E-state index contributed by atoms with van der Waals surface area (Å²) < 4.78 is 0. The Bertz CT molecular complexity index is 846. The SMILES string of the molecule is CCCCCCCCCCCCCCSc1cc(CCCC)cc(SCCCCCCCCCCCCCC)c1SCCCCCCCCCCCCCC. The van der Waals surface area contributed by atoms with Gasteiger partial charge in [0.15, 0.2) is 0 Å². The van der Waals surface area contributed by atoms with Crippen molar-refractivity contribution in [2.75, 3.05) is 17.3 Å². The summed E-state index contributed by atoms with van der Waals surface area (Å²) in [6, 6.07) is 5.25. The highest BCUT2D eigenvalue weighted by molar-refractivity contribution is 8.03. The van der Waals surface area contributed by atoms with Gasteiger partial charge in [0, 0.05) is 14.7 Å². The zero-order chi connectivity index (χ0) is 39.5. The summed E-state index contributed by atoms with van der Waals surface area (Å²) in [5.74, 6) is 3.89. The lowest BCUT2D eigenvalue weighted by Crippen LogP contribution is -1.95. The lowest BCUT2D eigenvalue weighted by Gasteiger charge is -2.17. The van der Waals surface area contributed by atoms with E-state index in [0.29, 0.717) is 0 Å². The quantitative estimate of drug-likeness (QED) is 0.0475. The molecule has 0 radical (unpaired) electrons. The van der Waals surface area contributed by atoms with Gasteiger partial charge in [-0.05, 0) is 67.1 Å². The first kappa shape index (κ1) is 53.3. The zero-order valence-corrected chi connectivity index (χ0v) is 40.5. The molecule has 0 saturated carbocycles. The van der Waals surface area contributed by atoms with Crippen LogP contribution in [0.1, 0.15) is 277 Å². The summed E-state index contributed by atoms with van der Waals surface area (Å²) >= 11 is 6.62. The molecule has 0 nitrogen and oxygen atoms in total. The summed E-state index contributed by atoms with van der Waals surface area (Å²) in [5.41, 5.74) is 1.60. The van der Waals surface area contributed by atoms with E-state index in [1.165, 1.54) is 268 Å². The first-order valence-corrected chi connectivity index (χ1v) is 28.3. The maximum atomic E-state index is 2.62. The van der Waals surface area contributed by atoms with Crippen LogP contribution in [0.15, 0.2) is 26.8 Å². The van der Waals surface area contributed by atoms with Crippen molar-refractivity contribution in [1.29, 1.82) is 0 Å². The summed E-state index contributed by atoms with van der Waals surface area (Å²) in [4.78, 5) is 4.90. The first-order chi connectivity index (χ1) is 27.3. The molecule has 0 bridgehead atoms. The van der Waals surface area contributed by atoms with Crippen LogP contribution in [0.5, 0.6) is 0 Å². The molecule has 0 atom stereocenters. The fraction of sp³-hybridized carbons (Fsp3) is 0.885. The van der Waals surface area contributed by atoms with E-state index in [4.69, 9.17) is 0 Å². The third kappa shape index (κ3) is 34.8. The van der Waals surface area contributed by atoms with Gasteiger partial charge in [-0.3, -0.25) is 0 Å². The van der Waals surface area contributed by atoms with E-state index < -0.39 is 0 Å². The van der Waals surface area contributed by atoms with Crippen LogP contribution in [0, 0.1) is 0 Å². The maximum absolute atomic E-state index is 2.62. The third-order valence-corrected chi connectivity index (χ3v) is 15.4. The molecule has 324 valence electrons. The molecule has 0 unspecified atom stereocenters. The van der Waals surface area contributed by atoms with Crippen molar-refractivity contribution in [2.45, 2.75) is 293 Å². The highest BCUT2D eigenvalue weighted by Gasteiger charge is 2.14. The van der Waals surface area contributed by atoms with E-state index in [9.17, 15) is 0 Å². The first-order valence-electron chi connectivity index (χ1n) is 25.3. The van der Waals surface area contributed by atoms with Crippen molar-refractivity contribution >= 4 is 35.3 Å². The molecule has 0 saturated heterocycles. The van der Waals surface area contributed by atoms with Crippen molar-refractivity contribution < 1.29 is 0 Å². The summed E-state index contributed by atoms with van der Waals surface area (Å²) in [5, 5.41) is 0. The third-order valence-electron chi connectivity index (χ3n) is 11.7. The molecule has 0 aromatic heterocycles. The van der Waals surface area contributed by atoms with Crippen LogP contribution in [0.2, 0.25) is 0 Å². The van der Waals surface area contributed by atoms with Gasteiger partial charge >= 0.3 is 0 Å². The molecule has 55 heavy (non-hydrogen) atoms. The minimum absolute atomic E-state index is 1.25. The molecule has 3 heteroatoms. The van der Waals surface area contributed by atoms with Crippen molar-refractivity contribution in [3.8, 4) is 0 Å². The molecule has 1 aromatic rings. The molecule has 0 heterocycles. The highest BCUT2D eigenvalue weighted by atomic mass is 32.2. The van der Waals surface area contributed by atoms with E-state index in [2.05, 4.69) is 75.1 Å². The molecular weight excluding hydrogens is 721 g/mol. The Labute approximate surface area is 361 Å². The molecule has 0 fully saturated rings. The smallest absolute Gasteiger partial charge is 0.0344 e. The Kier molecular flexibility index (Phi) is 42.5. The van der Waals surface area contributed by atoms with Gasteiger partial charge in [-0.1, -0.05) is 246 Å². The van der Waals surface area contributed by atoms with Gasteiger partial charge in [0.1, 0.15) is 0 Å². The van der Waals surface area contributed by atoms with Crippen LogP contribution >= 0.6 is 35.3 Å². The normalized spacial score (nSPS) is 11.6. The molecule has 1 rings (SSSR count). The van der Waals surface area contributed by atoms with Gasteiger partial charge in [0.2, 0.25) is 0 Å². The lowest BCUT2D eigenvalue weighted by atomic mass is 10.1. The van der Waals surface area contributed by atoms with E-state index in [-0.39, 0.29) is 0 Å². The average Bonchev–Trinajstić information content (AvgIpc) is 3.19. The van der Waals surface area contributed by atoms with Gasteiger partial charge in [-0.25, -0.2) is 0 Å². The number of thioether (sulfide) groups is 3. The van der Waals surface area contributed by atoms with Crippen LogP contribution in [-0.4, -0.2) is 17.3 Å². The largest absolute Gasteiger partial charge is 0.125 e. The monoisotopic (exact) mass is 819 g/mol. The minimum Gasteiger partial charge on any atom is -0.125 e.